The first-order chi connectivity index (χ1) is 24.8. The van der Waals surface area contributed by atoms with E-state index in [0.29, 0.717) is 78.0 Å². The van der Waals surface area contributed by atoms with Gasteiger partial charge < -0.3 is 44.4 Å². The molecule has 3 N–H and O–H groups in total. The predicted molar refractivity (Wildman–Crippen MR) is 184 cm³/mol. The molecule has 2 unspecified atom stereocenters. The molecule has 1 aromatic rings. The second-order valence-corrected chi connectivity index (χ2v) is 12.6. The summed E-state index contributed by atoms with van der Waals surface area (Å²) >= 11 is 0. The van der Waals surface area contributed by atoms with Gasteiger partial charge in [-0.3, -0.25) is 0 Å². The molecule has 2 fully saturated rings. The second kappa shape index (κ2) is 24.3. The SMILES string of the molecule is COCCOC(=O)NCCCCCCn1c(=O)n(CCCCCCNC(=O)OCC2CO2)c(=O)n(CCCCCCNC(=O)OCC2CO2)c1=O. The maximum Gasteiger partial charge on any atom is 0.407 e. The fraction of sp³-hybridized carbons (Fsp3) is 0.818. The van der Waals surface area contributed by atoms with Crippen LogP contribution >= 0.6 is 0 Å². The first-order valence-electron chi connectivity index (χ1n) is 18.2. The van der Waals surface area contributed by atoms with Gasteiger partial charge in [0.25, 0.3) is 0 Å². The van der Waals surface area contributed by atoms with Crippen LogP contribution in [-0.2, 0) is 48.1 Å². The van der Waals surface area contributed by atoms with Gasteiger partial charge in [0.05, 0.1) is 19.8 Å². The second-order valence-electron chi connectivity index (χ2n) is 12.6. The molecular formula is C33H56N6O12. The van der Waals surface area contributed by atoms with E-state index in [4.69, 9.17) is 28.4 Å². The van der Waals surface area contributed by atoms with Crippen molar-refractivity contribution in [3.63, 3.8) is 0 Å². The molecule has 18 nitrogen and oxygen atoms in total. The van der Waals surface area contributed by atoms with E-state index < -0.39 is 35.3 Å². The van der Waals surface area contributed by atoms with Crippen molar-refractivity contribution < 1.29 is 42.8 Å². The largest absolute Gasteiger partial charge is 0.447 e. The number of hydrogen-bond acceptors (Lipinski definition) is 12. The molecule has 2 saturated heterocycles. The van der Waals surface area contributed by atoms with Crippen molar-refractivity contribution in [1.29, 1.82) is 0 Å². The highest BCUT2D eigenvalue weighted by atomic mass is 16.6. The Balaban J connectivity index is 1.45. The number of aromatic nitrogens is 3. The lowest BCUT2D eigenvalue weighted by atomic mass is 10.2. The number of unbranched alkanes of at least 4 members (excludes halogenated alkanes) is 9. The van der Waals surface area contributed by atoms with E-state index in [0.717, 1.165) is 52.2 Å². The monoisotopic (exact) mass is 728 g/mol. The number of rotatable bonds is 28. The van der Waals surface area contributed by atoms with Crippen molar-refractivity contribution in [2.75, 3.05) is 66.4 Å². The van der Waals surface area contributed by atoms with E-state index in [9.17, 15) is 28.8 Å². The van der Waals surface area contributed by atoms with Crippen LogP contribution in [0.1, 0.15) is 77.0 Å². The van der Waals surface area contributed by atoms with Gasteiger partial charge in [0.15, 0.2) is 0 Å². The summed E-state index contributed by atoms with van der Waals surface area (Å²) in [5.74, 6) is 0. The van der Waals surface area contributed by atoms with Crippen LogP contribution in [0.4, 0.5) is 14.4 Å². The molecule has 3 rings (SSSR count). The molecule has 0 spiro atoms. The number of nitrogens with zero attached hydrogens (tertiary/aromatic N) is 3. The molecule has 0 radical (unpaired) electrons. The smallest absolute Gasteiger partial charge is 0.407 e. The Morgan fingerprint density at radius 1 is 0.549 bits per heavy atom. The Hall–Kier alpha value is -3.90. The maximum atomic E-state index is 13.4. The van der Waals surface area contributed by atoms with Gasteiger partial charge in [-0.05, 0) is 38.5 Å². The van der Waals surface area contributed by atoms with Crippen molar-refractivity contribution >= 4 is 18.3 Å². The Morgan fingerprint density at radius 2 is 0.882 bits per heavy atom. The normalized spacial score (nSPS) is 15.9. The van der Waals surface area contributed by atoms with Crippen molar-refractivity contribution in [1.82, 2.24) is 29.7 Å². The lowest BCUT2D eigenvalue weighted by molar-refractivity contribution is 0.0985. The zero-order valence-corrected chi connectivity index (χ0v) is 29.9. The van der Waals surface area contributed by atoms with Gasteiger partial charge in [-0.25, -0.2) is 42.5 Å². The topological polar surface area (TPSA) is 215 Å². The summed E-state index contributed by atoms with van der Waals surface area (Å²) in [6.45, 7) is 4.10. The first-order valence-corrected chi connectivity index (χ1v) is 18.2. The molecule has 1 aromatic heterocycles. The highest BCUT2D eigenvalue weighted by molar-refractivity contribution is 5.67. The standard InChI is InChI=1S/C33H56N6O12/c1-46-20-21-47-28(40)34-14-8-2-5-11-17-37-31(43)38(18-12-6-3-9-15-35-29(41)50-24-26-22-48-26)33(45)39(32(37)44)19-13-7-4-10-16-36-30(42)51-25-27-23-49-27/h26-27H,2-25H2,1H3,(H,34,40)(H,35,41)(H,36,42). The molecule has 51 heavy (non-hydrogen) atoms. The van der Waals surface area contributed by atoms with Crippen molar-refractivity contribution in [2.24, 2.45) is 0 Å². The lowest BCUT2D eigenvalue weighted by Crippen LogP contribution is -2.54. The van der Waals surface area contributed by atoms with Crippen LogP contribution in [0.15, 0.2) is 14.4 Å². The first kappa shape index (κ1) is 41.5. The van der Waals surface area contributed by atoms with E-state index in [1.165, 1.54) is 7.11 Å². The number of alkyl carbamates (subject to hydrolysis) is 3. The minimum atomic E-state index is -0.614. The summed E-state index contributed by atoms with van der Waals surface area (Å²) in [4.78, 5) is 75.2. The van der Waals surface area contributed by atoms with Crippen LogP contribution in [0.5, 0.6) is 0 Å². The van der Waals surface area contributed by atoms with Crippen molar-refractivity contribution in [3.8, 4) is 0 Å². The summed E-state index contributed by atoms with van der Waals surface area (Å²) in [7, 11) is 1.52. The molecule has 0 aliphatic carbocycles. The average molecular weight is 729 g/mol. The quantitative estimate of drug-likeness (QED) is 0.0636. The number of nitrogens with one attached hydrogen (secondary N) is 3. The van der Waals surface area contributed by atoms with Crippen LogP contribution in [-0.4, -0.2) is 111 Å². The summed E-state index contributed by atoms with van der Waals surface area (Å²) < 4.78 is 33.3. The molecule has 290 valence electrons. The molecular weight excluding hydrogens is 672 g/mol. The van der Waals surface area contributed by atoms with Gasteiger partial charge in [-0.1, -0.05) is 38.5 Å². The molecule has 18 heteroatoms. The Kier molecular flexibility index (Phi) is 19.8. The summed E-state index contributed by atoms with van der Waals surface area (Å²) in [6.07, 6.45) is 6.83. The van der Waals surface area contributed by atoms with Gasteiger partial charge in [0.2, 0.25) is 0 Å². The molecule has 0 aromatic carbocycles. The predicted octanol–water partition coefficient (Wildman–Crippen LogP) is 1.48. The van der Waals surface area contributed by atoms with Gasteiger partial charge >= 0.3 is 35.3 Å². The van der Waals surface area contributed by atoms with Crippen LogP contribution in [0.3, 0.4) is 0 Å². The van der Waals surface area contributed by atoms with Crippen LogP contribution in [0, 0.1) is 0 Å². The van der Waals surface area contributed by atoms with Crippen LogP contribution < -0.4 is 33.0 Å². The van der Waals surface area contributed by atoms with Gasteiger partial charge in [-0.15, -0.1) is 0 Å². The minimum absolute atomic E-state index is 0.00945. The molecule has 0 saturated carbocycles. The number of carbonyl (C=O) groups is 3. The fourth-order valence-corrected chi connectivity index (χ4v) is 5.11. The molecule has 2 atom stereocenters. The lowest BCUT2D eigenvalue weighted by Gasteiger charge is -2.14. The van der Waals surface area contributed by atoms with Gasteiger partial charge in [-0.2, -0.15) is 0 Å². The van der Waals surface area contributed by atoms with Crippen molar-refractivity contribution in [3.05, 3.63) is 31.5 Å². The fourth-order valence-electron chi connectivity index (χ4n) is 5.11. The minimum Gasteiger partial charge on any atom is -0.447 e. The Morgan fingerprint density at radius 3 is 1.22 bits per heavy atom. The van der Waals surface area contributed by atoms with Crippen LogP contribution in [0.25, 0.3) is 0 Å². The van der Waals surface area contributed by atoms with E-state index >= 15 is 0 Å². The Labute approximate surface area is 297 Å². The number of ether oxygens (including phenoxy) is 6. The van der Waals surface area contributed by atoms with E-state index in [1.807, 2.05) is 0 Å². The van der Waals surface area contributed by atoms with E-state index in [2.05, 4.69) is 16.0 Å². The molecule has 2 aliphatic rings. The van der Waals surface area contributed by atoms with Crippen LogP contribution in [0.2, 0.25) is 0 Å². The zero-order chi connectivity index (χ0) is 36.7. The van der Waals surface area contributed by atoms with E-state index in [-0.39, 0.29) is 51.7 Å². The summed E-state index contributed by atoms with van der Waals surface area (Å²) in [5.41, 5.74) is -1.84. The number of epoxide rings is 2. The number of amides is 3. The number of carbonyl (C=O) groups excluding carboxylic acids is 3. The third-order valence-electron chi connectivity index (χ3n) is 8.24. The van der Waals surface area contributed by atoms with Gasteiger partial charge in [0.1, 0.15) is 32.0 Å². The molecule has 3 amide bonds. The zero-order valence-electron chi connectivity index (χ0n) is 29.9. The van der Waals surface area contributed by atoms with Gasteiger partial charge in [0, 0.05) is 46.4 Å². The number of hydrogen-bond donors (Lipinski definition) is 3. The average Bonchev–Trinajstić information content (AvgIpc) is 4.05. The van der Waals surface area contributed by atoms with E-state index in [1.54, 1.807) is 0 Å². The maximum absolute atomic E-state index is 13.4. The summed E-state index contributed by atoms with van der Waals surface area (Å²) in [5, 5.41) is 8.06. The molecule has 2 aliphatic heterocycles. The summed E-state index contributed by atoms with van der Waals surface area (Å²) in [6, 6.07) is 0. The molecule has 0 bridgehead atoms. The Bertz CT molecular complexity index is 1290. The third-order valence-corrected chi connectivity index (χ3v) is 8.24. The van der Waals surface area contributed by atoms with Crippen molar-refractivity contribution in [2.45, 2.75) is 109 Å². The number of methoxy groups -OCH3 is 1. The third kappa shape index (κ3) is 17.7. The highest BCUT2D eigenvalue weighted by Gasteiger charge is 2.24. The highest BCUT2D eigenvalue weighted by Crippen LogP contribution is 2.09. The molecule has 3 heterocycles.